The molecule has 0 spiro atoms. The van der Waals surface area contributed by atoms with E-state index in [0.29, 0.717) is 0 Å². The Hall–Kier alpha value is -0.640. The van der Waals surface area contributed by atoms with E-state index in [9.17, 15) is 4.91 Å². The van der Waals surface area contributed by atoms with Gasteiger partial charge < -0.3 is 4.90 Å². The fourth-order valence-corrected chi connectivity index (χ4v) is 0.291. The van der Waals surface area contributed by atoms with E-state index in [1.54, 1.807) is 0 Å². The summed E-state index contributed by atoms with van der Waals surface area (Å²) in [4.78, 5) is 10.1. The van der Waals surface area contributed by atoms with Gasteiger partial charge in [0.2, 0.25) is 0 Å². The molecule has 0 radical (unpaired) electrons. The van der Waals surface area contributed by atoms with Gasteiger partial charge in [0, 0.05) is 22.6 Å². The number of rotatable bonds is 1. The van der Waals surface area contributed by atoms with Crippen LogP contribution in [0.15, 0.2) is 5.29 Å². The fraction of sp³-hybridized carbons (Fsp3) is 1.00. The van der Waals surface area contributed by atoms with Crippen molar-refractivity contribution < 1.29 is 15.1 Å². The number of nitrogens with zero attached hydrogens (tertiary/aromatic N) is 3. The Labute approximate surface area is 69.8 Å². The first-order chi connectivity index (χ1) is 8.56. The van der Waals surface area contributed by atoms with Crippen LogP contribution in [0.2, 0.25) is 0 Å². The van der Waals surface area contributed by atoms with Gasteiger partial charge in [-0.3, -0.25) is 5.01 Å². The summed E-state index contributed by atoms with van der Waals surface area (Å²) in [6, 6.07) is 0. The van der Waals surface area contributed by atoms with Crippen LogP contribution in [0.25, 0.3) is 0 Å². The molecule has 0 aromatic heterocycles. The molecule has 1 aliphatic rings. The van der Waals surface area contributed by atoms with E-state index >= 15 is 0 Å². The zero-order valence-electron chi connectivity index (χ0n) is 15.2. The molecule has 0 bridgehead atoms. The first-order valence-corrected chi connectivity index (χ1v) is 2.00. The smallest absolute Gasteiger partial charge is 0.0526 e. The Morgan fingerprint density at radius 1 is 1.56 bits per heavy atom. The lowest BCUT2D eigenvalue weighted by atomic mass is 10.4. The van der Waals surface area contributed by atoms with Crippen LogP contribution in [0, 0.1) is 4.91 Å². The van der Waals surface area contributed by atoms with Crippen LogP contribution in [-0.2, 0) is 0 Å². The van der Waals surface area contributed by atoms with Gasteiger partial charge in [0.25, 0.3) is 0 Å². The summed E-state index contributed by atoms with van der Waals surface area (Å²) >= 11 is 0. The maximum atomic E-state index is 10.6. The molecular formula is C5H11N3O. The highest BCUT2D eigenvalue weighted by molar-refractivity contribution is 4.64. The third kappa shape index (κ3) is 1.64. The molecule has 4 heteroatoms. The molecule has 1 saturated heterocycles. The van der Waals surface area contributed by atoms with Crippen molar-refractivity contribution in [3.63, 3.8) is 0 Å². The second kappa shape index (κ2) is 2.77. The highest BCUT2D eigenvalue weighted by atomic mass is 16.3. The van der Waals surface area contributed by atoms with Gasteiger partial charge in [0.1, 0.15) is 0 Å². The molecule has 52 valence electrons. The first kappa shape index (κ1) is 1.21. The molecule has 0 N–H and O–H groups in total. The molecule has 0 saturated carbocycles. The van der Waals surface area contributed by atoms with Crippen molar-refractivity contribution >= 4 is 0 Å². The maximum Gasteiger partial charge on any atom is 0.0526 e. The second-order valence-electron chi connectivity index (χ2n) is 1.18. The average molecular weight is 140 g/mol. The zero-order valence-corrected chi connectivity index (χ0v) is 4.25. The molecule has 4 nitrogen and oxygen atoms in total. The molecule has 1 heterocycles. The normalized spacial score (nSPS) is 64.0. The topological polar surface area (TPSA) is 35.9 Å². The molecule has 0 aromatic rings. The van der Waals surface area contributed by atoms with Gasteiger partial charge in [0.15, 0.2) is 0 Å². The molecular weight excluding hydrogens is 118 g/mol. The molecule has 0 atom stereocenters. The van der Waals surface area contributed by atoms with Crippen molar-refractivity contribution in [2.75, 3.05) is 33.0 Å². The fourth-order valence-electron chi connectivity index (χ4n) is 0.291. The summed E-state index contributed by atoms with van der Waals surface area (Å²) in [7, 11) is 0. The highest BCUT2D eigenvalue weighted by Crippen LogP contribution is 1.97. The number of hydrogen-bond donors (Lipinski definition) is 0. The molecule has 0 aliphatic carbocycles. The van der Waals surface area contributed by atoms with E-state index in [0.717, 1.165) is 0 Å². The Balaban J connectivity index is 3.68. The van der Waals surface area contributed by atoms with Gasteiger partial charge in [-0.1, -0.05) is 0 Å². The molecule has 1 aliphatic heterocycles. The van der Waals surface area contributed by atoms with E-state index in [4.69, 9.17) is 15.1 Å². The van der Waals surface area contributed by atoms with Crippen LogP contribution >= 0.6 is 0 Å². The van der Waals surface area contributed by atoms with Crippen LogP contribution in [-0.4, -0.2) is 42.9 Å². The molecule has 0 unspecified atom stereocenters. The summed E-state index contributed by atoms with van der Waals surface area (Å²) in [6.45, 7) is -17.6. The van der Waals surface area contributed by atoms with Crippen molar-refractivity contribution in [2.24, 2.45) is 5.29 Å². The van der Waals surface area contributed by atoms with E-state index in [-0.39, 0.29) is 0 Å². The van der Waals surface area contributed by atoms with Crippen molar-refractivity contribution in [1.29, 1.82) is 0 Å². The number of likely N-dealkylation sites (N-methyl/N-ethyl adjacent to an activating group) is 1. The van der Waals surface area contributed by atoms with Crippen molar-refractivity contribution in [3.05, 3.63) is 4.91 Å². The minimum absolute atomic E-state index is 0.533. The Morgan fingerprint density at radius 2 is 2.22 bits per heavy atom. The summed E-state index contributed by atoms with van der Waals surface area (Å²) < 4.78 is 81.3. The van der Waals surface area contributed by atoms with Crippen molar-refractivity contribution in [2.45, 2.75) is 0 Å². The van der Waals surface area contributed by atoms with Crippen molar-refractivity contribution in [1.82, 2.24) is 9.91 Å². The van der Waals surface area contributed by atoms with Crippen LogP contribution in [0.1, 0.15) is 15.1 Å². The van der Waals surface area contributed by atoms with E-state index in [2.05, 4.69) is 0 Å². The van der Waals surface area contributed by atoms with Gasteiger partial charge in [0.05, 0.1) is 23.8 Å². The number of hydrogen-bond acceptors (Lipinski definition) is 3. The predicted octanol–water partition coefficient (Wildman–Crippen LogP) is -0.0848. The van der Waals surface area contributed by atoms with Gasteiger partial charge in [-0.05, 0) is 6.98 Å². The zero-order chi connectivity index (χ0) is 16.4. The number of piperazine rings is 1. The van der Waals surface area contributed by atoms with E-state index in [1.807, 2.05) is 5.29 Å². The van der Waals surface area contributed by atoms with Crippen molar-refractivity contribution in [3.8, 4) is 0 Å². The molecule has 0 amide bonds. The lowest BCUT2D eigenvalue weighted by molar-refractivity contribution is 0.157. The minimum Gasteiger partial charge on any atom is -0.303 e. The molecule has 9 heavy (non-hydrogen) atoms. The van der Waals surface area contributed by atoms with Gasteiger partial charge in [-0.15, -0.1) is 4.91 Å². The third-order valence-electron chi connectivity index (χ3n) is 0.617. The second-order valence-corrected chi connectivity index (χ2v) is 1.18. The van der Waals surface area contributed by atoms with Crippen LogP contribution in [0.4, 0.5) is 0 Å². The minimum atomic E-state index is -3.54. The Morgan fingerprint density at radius 3 is 2.67 bits per heavy atom. The molecule has 1 rings (SSSR count). The van der Waals surface area contributed by atoms with Crippen LogP contribution < -0.4 is 0 Å². The lowest BCUT2D eigenvalue weighted by Crippen LogP contribution is -2.41. The van der Waals surface area contributed by atoms with Gasteiger partial charge >= 0.3 is 0 Å². The predicted molar refractivity (Wildman–Crippen MR) is 34.9 cm³/mol. The number of nitroso groups, excluding NO2 is 1. The summed E-state index contributed by atoms with van der Waals surface area (Å²) in [5.41, 5.74) is 0. The Bertz CT molecular complexity index is 389. The summed E-state index contributed by atoms with van der Waals surface area (Å²) in [5, 5.41) is 1.44. The van der Waals surface area contributed by atoms with E-state index < -0.39 is 42.9 Å². The summed E-state index contributed by atoms with van der Waals surface area (Å²) in [6.07, 6.45) is 0. The molecule has 1 fully saturated rings. The maximum absolute atomic E-state index is 10.6. The first-order valence-electron chi connectivity index (χ1n) is 7.50. The molecule has 0 aromatic carbocycles. The highest BCUT2D eigenvalue weighted by Gasteiger charge is 2.11. The van der Waals surface area contributed by atoms with Gasteiger partial charge in [-0.25, -0.2) is 0 Å². The summed E-state index contributed by atoms with van der Waals surface area (Å²) in [5.74, 6) is 0. The average Bonchev–Trinajstić information content (AvgIpc) is 2.11. The largest absolute Gasteiger partial charge is 0.303 e. The van der Waals surface area contributed by atoms with Crippen LogP contribution in [0.3, 0.4) is 0 Å². The van der Waals surface area contributed by atoms with E-state index in [1.165, 1.54) is 0 Å². The van der Waals surface area contributed by atoms with Gasteiger partial charge in [-0.2, -0.15) is 0 Å². The van der Waals surface area contributed by atoms with Crippen LogP contribution in [0.5, 0.6) is 0 Å². The monoisotopic (exact) mass is 140 g/mol. The standard InChI is InChI=1S/C5H11N3O/c1-7-2-4-8(6-9)5-3-7/h2-5H2,1H3/i1D3,2D2,3D2,4D2,5D2. The SMILES string of the molecule is [2H]C([2H])([2H])N1C([2H])([2H])C([2H])([2H])N(N=O)C([2H])([2H])C1([2H])[2H]. The third-order valence-corrected chi connectivity index (χ3v) is 0.617. The Kier molecular flexibility index (Phi) is 0.372. The quantitative estimate of drug-likeness (QED) is 0.478. The lowest BCUT2D eigenvalue weighted by Gasteiger charge is -2.27.